The molecule has 76 valence electrons. The van der Waals surface area contributed by atoms with Gasteiger partial charge in [0.1, 0.15) is 11.3 Å². The zero-order valence-electron chi connectivity index (χ0n) is 8.08. The Kier molecular flexibility index (Phi) is 2.42. The van der Waals surface area contributed by atoms with Crippen LogP contribution in [0, 0.1) is 6.92 Å². The smallest absolute Gasteiger partial charge is 0.208 e. The van der Waals surface area contributed by atoms with Crippen LogP contribution in [0.15, 0.2) is 24.7 Å². The van der Waals surface area contributed by atoms with Gasteiger partial charge < -0.3 is 5.73 Å². The SMILES string of the molecule is Cc1cccnc1-n1cnc(C(N)=S)n1. The summed E-state index contributed by atoms with van der Waals surface area (Å²) in [6, 6.07) is 3.81. The average Bonchev–Trinajstić information content (AvgIpc) is 2.67. The lowest BCUT2D eigenvalue weighted by molar-refractivity contribution is 0.833. The number of rotatable bonds is 2. The van der Waals surface area contributed by atoms with Crippen molar-refractivity contribution < 1.29 is 0 Å². The van der Waals surface area contributed by atoms with Gasteiger partial charge in [-0.3, -0.25) is 0 Å². The van der Waals surface area contributed by atoms with E-state index < -0.39 is 0 Å². The zero-order chi connectivity index (χ0) is 10.8. The van der Waals surface area contributed by atoms with E-state index in [2.05, 4.69) is 15.1 Å². The molecule has 2 aromatic rings. The Morgan fingerprint density at radius 3 is 2.87 bits per heavy atom. The molecule has 15 heavy (non-hydrogen) atoms. The fourth-order valence-corrected chi connectivity index (χ4v) is 1.29. The van der Waals surface area contributed by atoms with Crippen molar-refractivity contribution in [2.45, 2.75) is 6.92 Å². The van der Waals surface area contributed by atoms with Gasteiger partial charge in [0.2, 0.25) is 5.82 Å². The molecule has 0 radical (unpaired) electrons. The van der Waals surface area contributed by atoms with Crippen LogP contribution >= 0.6 is 12.2 Å². The van der Waals surface area contributed by atoms with Gasteiger partial charge in [0.25, 0.3) is 0 Å². The lowest BCUT2D eigenvalue weighted by atomic mass is 10.3. The Hall–Kier alpha value is -1.82. The Bertz CT molecular complexity index is 505. The minimum atomic E-state index is 0.183. The Balaban J connectivity index is 2.46. The average molecular weight is 219 g/mol. The molecule has 0 spiro atoms. The highest BCUT2D eigenvalue weighted by Crippen LogP contribution is 2.07. The fourth-order valence-electron chi connectivity index (χ4n) is 1.20. The number of aromatic nitrogens is 4. The second-order valence-electron chi connectivity index (χ2n) is 3.02. The maximum atomic E-state index is 5.42. The number of hydrogen-bond donors (Lipinski definition) is 1. The molecule has 0 aromatic carbocycles. The van der Waals surface area contributed by atoms with E-state index in [1.165, 1.54) is 0 Å². The fraction of sp³-hybridized carbons (Fsp3) is 0.111. The topological polar surface area (TPSA) is 69.6 Å². The van der Waals surface area contributed by atoms with E-state index in [4.69, 9.17) is 18.0 Å². The quantitative estimate of drug-likeness (QED) is 0.749. The minimum absolute atomic E-state index is 0.183. The van der Waals surface area contributed by atoms with E-state index in [1.54, 1.807) is 17.2 Å². The van der Waals surface area contributed by atoms with Crippen LogP contribution in [0.2, 0.25) is 0 Å². The summed E-state index contributed by atoms with van der Waals surface area (Å²) in [4.78, 5) is 8.36. The third-order valence-electron chi connectivity index (χ3n) is 1.91. The summed E-state index contributed by atoms with van der Waals surface area (Å²) in [5.41, 5.74) is 6.43. The summed E-state index contributed by atoms with van der Waals surface area (Å²) >= 11 is 4.78. The van der Waals surface area contributed by atoms with E-state index in [0.29, 0.717) is 5.82 Å². The van der Waals surface area contributed by atoms with Gasteiger partial charge in [0.05, 0.1) is 0 Å². The molecule has 0 fully saturated rings. The molecular weight excluding hydrogens is 210 g/mol. The molecular formula is C9H9N5S. The summed E-state index contributed by atoms with van der Waals surface area (Å²) < 4.78 is 1.56. The summed E-state index contributed by atoms with van der Waals surface area (Å²) in [6.45, 7) is 1.95. The molecule has 2 N–H and O–H groups in total. The van der Waals surface area contributed by atoms with Gasteiger partial charge in [-0.1, -0.05) is 18.3 Å². The van der Waals surface area contributed by atoms with Crippen LogP contribution in [0.5, 0.6) is 0 Å². The normalized spacial score (nSPS) is 10.2. The first-order valence-corrected chi connectivity index (χ1v) is 4.73. The minimum Gasteiger partial charge on any atom is -0.387 e. The number of pyridine rings is 1. The van der Waals surface area contributed by atoms with E-state index in [1.807, 2.05) is 19.1 Å². The first-order valence-electron chi connectivity index (χ1n) is 4.32. The predicted octanol–water partition coefficient (Wildman–Crippen LogP) is 0.605. The van der Waals surface area contributed by atoms with Gasteiger partial charge in [-0.15, -0.1) is 5.10 Å². The van der Waals surface area contributed by atoms with Gasteiger partial charge in [-0.25, -0.2) is 14.6 Å². The van der Waals surface area contributed by atoms with E-state index in [9.17, 15) is 0 Å². The van der Waals surface area contributed by atoms with Crippen molar-refractivity contribution in [3.63, 3.8) is 0 Å². The number of thiocarbonyl (C=S) groups is 1. The zero-order valence-corrected chi connectivity index (χ0v) is 8.90. The van der Waals surface area contributed by atoms with Gasteiger partial charge in [0, 0.05) is 6.20 Å². The molecule has 2 rings (SSSR count). The number of hydrogen-bond acceptors (Lipinski definition) is 4. The van der Waals surface area contributed by atoms with Gasteiger partial charge in [-0.05, 0) is 18.6 Å². The molecule has 0 aliphatic carbocycles. The summed E-state index contributed by atoms with van der Waals surface area (Å²) in [5.74, 6) is 1.09. The Morgan fingerprint density at radius 1 is 1.47 bits per heavy atom. The van der Waals surface area contributed by atoms with E-state index >= 15 is 0 Å². The van der Waals surface area contributed by atoms with Crippen LogP contribution in [0.3, 0.4) is 0 Å². The lowest BCUT2D eigenvalue weighted by Gasteiger charge is -2.01. The number of nitrogens with zero attached hydrogens (tertiary/aromatic N) is 4. The number of aryl methyl sites for hydroxylation is 1. The molecule has 0 atom stereocenters. The van der Waals surface area contributed by atoms with Crippen LogP contribution in [0.1, 0.15) is 11.4 Å². The first-order chi connectivity index (χ1) is 7.18. The second kappa shape index (κ2) is 3.74. The second-order valence-corrected chi connectivity index (χ2v) is 3.46. The van der Waals surface area contributed by atoms with Crippen LogP contribution in [0.25, 0.3) is 5.82 Å². The lowest BCUT2D eigenvalue weighted by Crippen LogP contribution is -2.12. The highest BCUT2D eigenvalue weighted by molar-refractivity contribution is 7.80. The van der Waals surface area contributed by atoms with Crippen LogP contribution in [0.4, 0.5) is 0 Å². The maximum Gasteiger partial charge on any atom is 0.208 e. The maximum absolute atomic E-state index is 5.42. The predicted molar refractivity (Wildman–Crippen MR) is 59.8 cm³/mol. The van der Waals surface area contributed by atoms with E-state index in [-0.39, 0.29) is 4.99 Å². The molecule has 0 saturated carbocycles. The van der Waals surface area contributed by atoms with Gasteiger partial charge >= 0.3 is 0 Å². The molecule has 0 saturated heterocycles. The van der Waals surface area contributed by atoms with Crippen LogP contribution in [-0.4, -0.2) is 24.7 Å². The highest BCUT2D eigenvalue weighted by atomic mass is 32.1. The molecule has 0 aliphatic heterocycles. The Morgan fingerprint density at radius 2 is 2.27 bits per heavy atom. The summed E-state index contributed by atoms with van der Waals surface area (Å²) in [7, 11) is 0. The molecule has 0 bridgehead atoms. The molecule has 0 amide bonds. The molecule has 5 nitrogen and oxygen atoms in total. The highest BCUT2D eigenvalue weighted by Gasteiger charge is 2.07. The summed E-state index contributed by atoms with van der Waals surface area (Å²) in [6.07, 6.45) is 3.24. The number of nitrogens with two attached hydrogens (primary N) is 1. The molecule has 0 unspecified atom stereocenters. The van der Waals surface area contributed by atoms with Crippen molar-refractivity contribution in [1.82, 2.24) is 19.7 Å². The standard InChI is InChI=1S/C9H9N5S/c1-6-3-2-4-11-9(6)14-5-12-8(13-14)7(10)15/h2-5H,1H3,(H2,10,15). The molecule has 2 aromatic heterocycles. The van der Waals surface area contributed by atoms with Crippen molar-refractivity contribution in [2.24, 2.45) is 5.73 Å². The van der Waals surface area contributed by atoms with Crippen LogP contribution in [-0.2, 0) is 0 Å². The van der Waals surface area contributed by atoms with Gasteiger partial charge in [0.15, 0.2) is 5.82 Å². The Labute approximate surface area is 92.0 Å². The monoisotopic (exact) mass is 219 g/mol. The van der Waals surface area contributed by atoms with Crippen molar-refractivity contribution >= 4 is 17.2 Å². The third-order valence-corrected chi connectivity index (χ3v) is 2.09. The molecule has 2 heterocycles. The van der Waals surface area contributed by atoms with Crippen LogP contribution < -0.4 is 5.73 Å². The van der Waals surface area contributed by atoms with E-state index in [0.717, 1.165) is 11.4 Å². The first kappa shape index (κ1) is 9.72. The molecule has 6 heteroatoms. The van der Waals surface area contributed by atoms with Gasteiger partial charge in [-0.2, -0.15) is 0 Å². The van der Waals surface area contributed by atoms with Crippen molar-refractivity contribution in [3.05, 3.63) is 36.0 Å². The van der Waals surface area contributed by atoms with Crippen molar-refractivity contribution in [1.29, 1.82) is 0 Å². The third kappa shape index (κ3) is 1.84. The molecule has 0 aliphatic rings. The summed E-state index contributed by atoms with van der Waals surface area (Å²) in [5, 5.41) is 4.12. The van der Waals surface area contributed by atoms with Crippen molar-refractivity contribution in [3.8, 4) is 5.82 Å². The van der Waals surface area contributed by atoms with Crippen molar-refractivity contribution in [2.75, 3.05) is 0 Å². The largest absolute Gasteiger partial charge is 0.387 e.